The molecular formula is C12H12Cl2N6O2. The molecule has 116 valence electrons. The van der Waals surface area contributed by atoms with Crippen LogP contribution >= 0.6 is 23.2 Å². The van der Waals surface area contributed by atoms with Crippen molar-refractivity contribution in [2.24, 2.45) is 0 Å². The van der Waals surface area contributed by atoms with E-state index in [1.54, 1.807) is 32.3 Å². The van der Waals surface area contributed by atoms with Crippen LogP contribution in [-0.4, -0.2) is 34.0 Å². The van der Waals surface area contributed by atoms with E-state index in [2.05, 4.69) is 20.7 Å². The molecule has 0 bridgehead atoms. The number of aromatic nitrogens is 2. The summed E-state index contributed by atoms with van der Waals surface area (Å²) < 4.78 is 0. The van der Waals surface area contributed by atoms with Crippen molar-refractivity contribution in [3.8, 4) is 0 Å². The monoisotopic (exact) mass is 342 g/mol. The largest absolute Gasteiger partial charge is 0.354 e. The molecule has 0 saturated heterocycles. The number of hydrogen-bond acceptors (Lipinski definition) is 7. The van der Waals surface area contributed by atoms with Crippen molar-refractivity contribution < 1.29 is 4.92 Å². The third-order valence-electron chi connectivity index (χ3n) is 2.46. The Hall–Kier alpha value is -2.16. The summed E-state index contributed by atoms with van der Waals surface area (Å²) in [5.74, 6) is 0.100. The predicted octanol–water partition coefficient (Wildman–Crippen LogP) is 3.32. The maximum absolute atomic E-state index is 11.3. The molecule has 0 saturated carbocycles. The normalized spacial score (nSPS) is 10.6. The minimum atomic E-state index is -0.569. The fraction of sp³-hybridized carbons (Fsp3) is 0.167. The molecule has 1 heterocycles. The Bertz CT molecular complexity index is 690. The lowest BCUT2D eigenvalue weighted by molar-refractivity contribution is -0.383. The van der Waals surface area contributed by atoms with Gasteiger partial charge in [-0.1, -0.05) is 23.2 Å². The topological polar surface area (TPSA) is 96.2 Å². The Labute approximate surface area is 136 Å². The zero-order valence-corrected chi connectivity index (χ0v) is 13.2. The van der Waals surface area contributed by atoms with E-state index in [1.807, 2.05) is 0 Å². The third-order valence-corrected chi connectivity index (χ3v) is 2.90. The zero-order valence-electron chi connectivity index (χ0n) is 11.7. The summed E-state index contributed by atoms with van der Waals surface area (Å²) in [7, 11) is 3.38. The molecule has 0 aliphatic carbocycles. The number of halogens is 2. The molecule has 10 heteroatoms. The molecule has 2 aromatic rings. The Morgan fingerprint density at radius 1 is 1.14 bits per heavy atom. The van der Waals surface area contributed by atoms with Gasteiger partial charge in [0.15, 0.2) is 0 Å². The number of hydrogen-bond donors (Lipinski definition) is 2. The average Bonchev–Trinajstić information content (AvgIpc) is 2.36. The highest BCUT2D eigenvalue weighted by molar-refractivity contribution is 6.35. The highest BCUT2D eigenvalue weighted by Crippen LogP contribution is 2.32. The van der Waals surface area contributed by atoms with E-state index in [4.69, 9.17) is 23.2 Å². The van der Waals surface area contributed by atoms with Gasteiger partial charge in [-0.3, -0.25) is 15.5 Å². The Morgan fingerprint density at radius 2 is 1.73 bits per heavy atom. The van der Waals surface area contributed by atoms with Crippen LogP contribution in [0.25, 0.3) is 0 Å². The van der Waals surface area contributed by atoms with Crippen LogP contribution in [0.5, 0.6) is 0 Å². The molecule has 0 amide bonds. The zero-order chi connectivity index (χ0) is 16.3. The molecule has 0 aliphatic heterocycles. The van der Waals surface area contributed by atoms with Crippen LogP contribution in [0.15, 0.2) is 24.5 Å². The maximum atomic E-state index is 11.3. The average molecular weight is 343 g/mol. The lowest BCUT2D eigenvalue weighted by Crippen LogP contribution is -2.21. The van der Waals surface area contributed by atoms with Gasteiger partial charge in [-0.05, 0) is 18.2 Å². The Morgan fingerprint density at radius 3 is 2.27 bits per heavy atom. The second kappa shape index (κ2) is 6.73. The molecule has 0 fully saturated rings. The molecule has 0 spiro atoms. The summed E-state index contributed by atoms with van der Waals surface area (Å²) in [4.78, 5) is 18.5. The fourth-order valence-electron chi connectivity index (χ4n) is 1.70. The van der Waals surface area contributed by atoms with Crippen LogP contribution in [0.2, 0.25) is 10.0 Å². The number of benzene rings is 1. The van der Waals surface area contributed by atoms with Gasteiger partial charge in [-0.25, -0.2) is 15.0 Å². The number of anilines is 3. The first-order valence-corrected chi connectivity index (χ1v) is 6.79. The minimum absolute atomic E-state index is 0.0303. The summed E-state index contributed by atoms with van der Waals surface area (Å²) in [6.45, 7) is 0. The number of rotatable bonds is 5. The van der Waals surface area contributed by atoms with Crippen LogP contribution in [-0.2, 0) is 0 Å². The van der Waals surface area contributed by atoms with Crippen molar-refractivity contribution in [2.45, 2.75) is 0 Å². The van der Waals surface area contributed by atoms with Crippen molar-refractivity contribution in [3.63, 3.8) is 0 Å². The van der Waals surface area contributed by atoms with Crippen molar-refractivity contribution in [2.75, 3.05) is 24.8 Å². The first kappa shape index (κ1) is 16.2. The quantitative estimate of drug-likeness (QED) is 0.635. The van der Waals surface area contributed by atoms with Crippen LogP contribution < -0.4 is 10.7 Å². The molecule has 1 aromatic carbocycles. The molecule has 2 N–H and O–H groups in total. The Kier molecular flexibility index (Phi) is 4.96. The summed E-state index contributed by atoms with van der Waals surface area (Å²) >= 11 is 11.8. The van der Waals surface area contributed by atoms with Gasteiger partial charge in [0, 0.05) is 29.8 Å². The minimum Gasteiger partial charge on any atom is -0.334 e. The molecule has 2 rings (SSSR count). The third kappa shape index (κ3) is 3.94. The van der Waals surface area contributed by atoms with E-state index in [1.165, 1.54) is 11.3 Å². The fourth-order valence-corrected chi connectivity index (χ4v) is 2.23. The van der Waals surface area contributed by atoms with Gasteiger partial charge in [-0.15, -0.1) is 0 Å². The SMILES string of the molecule is CN(C)Nc1ncnc(Nc2cc(Cl)cc(Cl)c2)c1[N+](=O)[O-]. The maximum Gasteiger partial charge on any atom is 0.354 e. The number of nitrogens with one attached hydrogen (secondary N) is 2. The highest BCUT2D eigenvalue weighted by Gasteiger charge is 2.23. The van der Waals surface area contributed by atoms with Gasteiger partial charge in [0.05, 0.1) is 4.92 Å². The summed E-state index contributed by atoms with van der Waals surface area (Å²) in [5, 5.41) is 16.5. The molecule has 0 aliphatic rings. The highest BCUT2D eigenvalue weighted by atomic mass is 35.5. The second-order valence-corrected chi connectivity index (χ2v) is 5.34. The first-order chi connectivity index (χ1) is 10.4. The predicted molar refractivity (Wildman–Crippen MR) is 85.7 cm³/mol. The molecule has 0 radical (unpaired) electrons. The summed E-state index contributed by atoms with van der Waals surface area (Å²) in [6.07, 6.45) is 1.22. The van der Waals surface area contributed by atoms with Crippen LogP contribution in [0.1, 0.15) is 0 Å². The van der Waals surface area contributed by atoms with Gasteiger partial charge < -0.3 is 5.32 Å². The summed E-state index contributed by atoms with van der Waals surface area (Å²) in [6, 6.07) is 4.72. The molecule has 8 nitrogen and oxygen atoms in total. The number of hydrazine groups is 1. The van der Waals surface area contributed by atoms with Gasteiger partial charge in [-0.2, -0.15) is 0 Å². The van der Waals surface area contributed by atoms with Crippen LogP contribution in [0.3, 0.4) is 0 Å². The lowest BCUT2D eigenvalue weighted by Gasteiger charge is -2.14. The van der Waals surface area contributed by atoms with E-state index in [0.717, 1.165) is 0 Å². The molecular weight excluding hydrogens is 331 g/mol. The van der Waals surface area contributed by atoms with E-state index in [0.29, 0.717) is 15.7 Å². The number of nitro groups is 1. The van der Waals surface area contributed by atoms with Gasteiger partial charge in [0.1, 0.15) is 6.33 Å². The van der Waals surface area contributed by atoms with Crippen LogP contribution in [0.4, 0.5) is 23.0 Å². The van der Waals surface area contributed by atoms with Gasteiger partial charge >= 0.3 is 5.69 Å². The smallest absolute Gasteiger partial charge is 0.334 e. The van der Waals surface area contributed by atoms with E-state index >= 15 is 0 Å². The van der Waals surface area contributed by atoms with Crippen LogP contribution in [0, 0.1) is 10.1 Å². The molecule has 22 heavy (non-hydrogen) atoms. The van der Waals surface area contributed by atoms with Crippen molar-refractivity contribution in [1.82, 2.24) is 15.0 Å². The first-order valence-electron chi connectivity index (χ1n) is 6.03. The van der Waals surface area contributed by atoms with Gasteiger partial charge in [0.25, 0.3) is 0 Å². The molecule has 0 atom stereocenters. The van der Waals surface area contributed by atoms with E-state index in [-0.39, 0.29) is 17.3 Å². The van der Waals surface area contributed by atoms with E-state index in [9.17, 15) is 10.1 Å². The van der Waals surface area contributed by atoms with Crippen molar-refractivity contribution in [3.05, 3.63) is 44.7 Å². The number of nitrogens with zero attached hydrogens (tertiary/aromatic N) is 4. The summed E-state index contributed by atoms with van der Waals surface area (Å²) in [5.41, 5.74) is 2.95. The van der Waals surface area contributed by atoms with Crippen molar-refractivity contribution >= 4 is 46.2 Å². The van der Waals surface area contributed by atoms with Crippen molar-refractivity contribution in [1.29, 1.82) is 0 Å². The lowest BCUT2D eigenvalue weighted by atomic mass is 10.3. The second-order valence-electron chi connectivity index (χ2n) is 4.47. The molecule has 0 unspecified atom stereocenters. The van der Waals surface area contributed by atoms with E-state index < -0.39 is 4.92 Å². The van der Waals surface area contributed by atoms with Gasteiger partial charge in [0.2, 0.25) is 11.6 Å². The molecule has 1 aromatic heterocycles. The Balaban J connectivity index is 2.43. The standard InChI is InChI=1S/C12H12Cl2N6O2/c1-19(2)18-12-10(20(21)22)11(15-6-16-12)17-9-4-7(13)3-8(14)5-9/h3-6H,1-2H3,(H2,15,16,17,18).